The van der Waals surface area contributed by atoms with Crippen LogP contribution in [0.2, 0.25) is 0 Å². The fourth-order valence-corrected chi connectivity index (χ4v) is 2.65. The number of halogens is 1. The van der Waals surface area contributed by atoms with Crippen molar-refractivity contribution in [1.82, 2.24) is 21.1 Å². The van der Waals surface area contributed by atoms with Crippen molar-refractivity contribution in [2.75, 3.05) is 13.1 Å². The van der Waals surface area contributed by atoms with Crippen molar-refractivity contribution in [3.8, 4) is 0 Å². The van der Waals surface area contributed by atoms with Gasteiger partial charge in [0.1, 0.15) is 5.82 Å². The number of nitrogens with one attached hydrogen (secondary N) is 3. The van der Waals surface area contributed by atoms with Crippen molar-refractivity contribution in [3.05, 3.63) is 71.0 Å². The van der Waals surface area contributed by atoms with Crippen LogP contribution in [0, 0.1) is 5.82 Å². The molecule has 0 aliphatic carbocycles. The maximum atomic E-state index is 12.8. The molecule has 3 N–H and O–H groups in total. The normalized spacial score (nSPS) is 10.6. The highest BCUT2D eigenvalue weighted by Gasteiger charge is 2.06. The molecule has 0 radical (unpaired) electrons. The first kappa shape index (κ1) is 21.4. The van der Waals surface area contributed by atoms with Gasteiger partial charge in [0.2, 0.25) is 5.91 Å². The van der Waals surface area contributed by atoms with E-state index in [9.17, 15) is 14.0 Å². The van der Waals surface area contributed by atoms with Crippen molar-refractivity contribution in [2.45, 2.75) is 33.4 Å². The summed E-state index contributed by atoms with van der Waals surface area (Å²) in [7, 11) is 0. The Hall–Kier alpha value is -2.93. The van der Waals surface area contributed by atoms with E-state index in [1.54, 1.807) is 0 Å². The minimum atomic E-state index is -0.500. The minimum Gasteiger partial charge on any atom is -0.333 e. The van der Waals surface area contributed by atoms with E-state index in [1.807, 2.05) is 12.1 Å². The smallest absolute Gasteiger partial charge is 0.333 e. The van der Waals surface area contributed by atoms with E-state index in [0.717, 1.165) is 25.2 Å². The van der Waals surface area contributed by atoms with Gasteiger partial charge >= 0.3 is 6.03 Å². The Labute approximate surface area is 165 Å². The van der Waals surface area contributed by atoms with Gasteiger partial charge in [-0.3, -0.25) is 15.1 Å². The van der Waals surface area contributed by atoms with Gasteiger partial charge in [-0.05, 0) is 41.9 Å². The summed E-state index contributed by atoms with van der Waals surface area (Å²) in [6.45, 7) is 7.55. The number of amides is 3. The lowest BCUT2D eigenvalue weighted by Crippen LogP contribution is -2.47. The highest BCUT2D eigenvalue weighted by Crippen LogP contribution is 2.07. The summed E-state index contributed by atoms with van der Waals surface area (Å²) >= 11 is 0. The summed E-state index contributed by atoms with van der Waals surface area (Å²) < 4.78 is 12.8. The molecule has 0 aromatic heterocycles. The zero-order valence-electron chi connectivity index (χ0n) is 16.3. The molecule has 0 aliphatic heterocycles. The summed E-state index contributed by atoms with van der Waals surface area (Å²) in [5.74, 6) is -0.745. The first-order chi connectivity index (χ1) is 13.5. The van der Waals surface area contributed by atoms with Crippen LogP contribution in [0.4, 0.5) is 9.18 Å². The van der Waals surface area contributed by atoms with Crippen molar-refractivity contribution >= 4 is 11.9 Å². The number of carbonyl (C=O) groups is 2. The first-order valence-electron chi connectivity index (χ1n) is 9.37. The fraction of sp³-hybridized carbons (Fsp3) is 0.333. The molecule has 7 heteroatoms. The second-order valence-electron chi connectivity index (χ2n) is 6.44. The quantitative estimate of drug-likeness (QED) is 0.611. The summed E-state index contributed by atoms with van der Waals surface area (Å²) in [5.41, 5.74) is 7.49. The average Bonchev–Trinajstić information content (AvgIpc) is 2.71. The fourth-order valence-electron chi connectivity index (χ4n) is 2.65. The lowest BCUT2D eigenvalue weighted by atomic mass is 10.1. The SMILES string of the molecule is CCN(CC)Cc1ccc(CNC(=O)NNC(=O)Cc2ccc(F)cc2)cc1. The van der Waals surface area contributed by atoms with Crippen LogP contribution in [-0.2, 0) is 24.3 Å². The van der Waals surface area contributed by atoms with Crippen molar-refractivity contribution in [3.63, 3.8) is 0 Å². The van der Waals surface area contributed by atoms with E-state index in [0.29, 0.717) is 12.1 Å². The largest absolute Gasteiger partial charge is 0.333 e. The maximum Gasteiger partial charge on any atom is 0.333 e. The van der Waals surface area contributed by atoms with E-state index < -0.39 is 6.03 Å². The van der Waals surface area contributed by atoms with Gasteiger partial charge < -0.3 is 5.32 Å². The molecule has 0 atom stereocenters. The van der Waals surface area contributed by atoms with Gasteiger partial charge in [0.15, 0.2) is 0 Å². The van der Waals surface area contributed by atoms with Crippen LogP contribution in [-0.4, -0.2) is 29.9 Å². The van der Waals surface area contributed by atoms with Gasteiger partial charge in [0.25, 0.3) is 0 Å². The number of benzene rings is 2. The third-order valence-electron chi connectivity index (χ3n) is 4.37. The van der Waals surface area contributed by atoms with Crippen LogP contribution in [0.5, 0.6) is 0 Å². The Bertz CT molecular complexity index is 759. The number of hydrazine groups is 1. The molecule has 0 unspecified atom stereocenters. The molecule has 0 saturated heterocycles. The Morgan fingerprint density at radius 1 is 0.857 bits per heavy atom. The first-order valence-corrected chi connectivity index (χ1v) is 9.37. The molecule has 3 amide bonds. The lowest BCUT2D eigenvalue weighted by molar-refractivity contribution is -0.121. The predicted molar refractivity (Wildman–Crippen MR) is 107 cm³/mol. The van der Waals surface area contributed by atoms with Crippen molar-refractivity contribution < 1.29 is 14.0 Å². The van der Waals surface area contributed by atoms with Crippen LogP contribution < -0.4 is 16.2 Å². The minimum absolute atomic E-state index is 0.0502. The van der Waals surface area contributed by atoms with Crippen molar-refractivity contribution in [2.24, 2.45) is 0 Å². The Morgan fingerprint density at radius 3 is 2.04 bits per heavy atom. The second kappa shape index (κ2) is 11.0. The zero-order chi connectivity index (χ0) is 20.4. The molecule has 2 aromatic rings. The molecule has 28 heavy (non-hydrogen) atoms. The maximum absolute atomic E-state index is 12.8. The number of nitrogens with zero attached hydrogens (tertiary/aromatic N) is 1. The molecule has 0 heterocycles. The van der Waals surface area contributed by atoms with Gasteiger partial charge in [-0.1, -0.05) is 50.2 Å². The Kier molecular flexibility index (Phi) is 8.42. The molecule has 6 nitrogen and oxygen atoms in total. The number of urea groups is 1. The van der Waals surface area contributed by atoms with Crippen molar-refractivity contribution in [1.29, 1.82) is 0 Å². The summed E-state index contributed by atoms with van der Waals surface area (Å²) in [5, 5.41) is 2.68. The van der Waals surface area contributed by atoms with E-state index in [4.69, 9.17) is 0 Å². The Morgan fingerprint density at radius 2 is 1.43 bits per heavy atom. The van der Waals surface area contributed by atoms with E-state index >= 15 is 0 Å². The standard InChI is InChI=1S/C21H27FN4O2/c1-3-26(4-2)15-18-7-5-17(6-8-18)14-23-21(28)25-24-20(27)13-16-9-11-19(22)12-10-16/h5-12H,3-4,13-15H2,1-2H3,(H,24,27)(H2,23,25,28). The van der Waals surface area contributed by atoms with Crippen LogP contribution in [0.25, 0.3) is 0 Å². The summed E-state index contributed by atoms with van der Waals surface area (Å²) in [6, 6.07) is 13.2. The molecule has 0 aliphatic rings. The van der Waals surface area contributed by atoms with Gasteiger partial charge in [0, 0.05) is 13.1 Å². The number of carbonyl (C=O) groups excluding carboxylic acids is 2. The van der Waals surface area contributed by atoms with Gasteiger partial charge in [-0.2, -0.15) is 0 Å². The van der Waals surface area contributed by atoms with Crippen LogP contribution in [0.15, 0.2) is 48.5 Å². The summed E-state index contributed by atoms with van der Waals surface area (Å²) in [4.78, 5) is 25.9. The number of hydrogen-bond donors (Lipinski definition) is 3. The van der Waals surface area contributed by atoms with Crippen LogP contribution in [0.1, 0.15) is 30.5 Å². The molecule has 2 rings (SSSR count). The molecule has 0 spiro atoms. The second-order valence-corrected chi connectivity index (χ2v) is 6.44. The highest BCUT2D eigenvalue weighted by molar-refractivity contribution is 5.82. The molecule has 0 fully saturated rings. The number of hydrogen-bond acceptors (Lipinski definition) is 3. The van der Waals surface area contributed by atoms with Gasteiger partial charge in [-0.15, -0.1) is 0 Å². The third kappa shape index (κ3) is 7.36. The van der Waals surface area contributed by atoms with Gasteiger partial charge in [-0.25, -0.2) is 14.6 Å². The zero-order valence-corrected chi connectivity index (χ0v) is 16.3. The average molecular weight is 386 g/mol. The molecular weight excluding hydrogens is 359 g/mol. The van der Waals surface area contributed by atoms with E-state index in [2.05, 4.69) is 47.0 Å². The van der Waals surface area contributed by atoms with Crippen LogP contribution in [0.3, 0.4) is 0 Å². The predicted octanol–water partition coefficient (Wildman–Crippen LogP) is 2.74. The molecule has 0 saturated carbocycles. The Balaban J connectivity index is 1.70. The summed E-state index contributed by atoms with van der Waals surface area (Å²) in [6.07, 6.45) is 0.0502. The van der Waals surface area contributed by atoms with E-state index in [-0.39, 0.29) is 18.1 Å². The topological polar surface area (TPSA) is 73.5 Å². The van der Waals surface area contributed by atoms with E-state index in [1.165, 1.54) is 29.8 Å². The lowest BCUT2D eigenvalue weighted by Gasteiger charge is -2.18. The third-order valence-corrected chi connectivity index (χ3v) is 4.37. The molecule has 2 aromatic carbocycles. The molecule has 0 bridgehead atoms. The van der Waals surface area contributed by atoms with Crippen LogP contribution >= 0.6 is 0 Å². The highest BCUT2D eigenvalue weighted by atomic mass is 19.1. The monoisotopic (exact) mass is 386 g/mol. The molecular formula is C21H27FN4O2. The van der Waals surface area contributed by atoms with Gasteiger partial charge in [0.05, 0.1) is 6.42 Å². The number of rotatable bonds is 8. The molecule has 150 valence electrons.